The number of aliphatic hydroxyl groups is 1. The molecule has 0 amide bonds. The first kappa shape index (κ1) is 42.8. The summed E-state index contributed by atoms with van der Waals surface area (Å²) in [5.74, 6) is 2.35. The van der Waals surface area contributed by atoms with Gasteiger partial charge in [-0.1, -0.05) is 46.0 Å². The largest absolute Gasteiger partial charge is 0.543 e. The molecule has 0 radical (unpaired) electrons. The number of thiazole rings is 1. The van der Waals surface area contributed by atoms with E-state index >= 15 is 0 Å². The Morgan fingerprint density at radius 2 is 1.74 bits per heavy atom. The summed E-state index contributed by atoms with van der Waals surface area (Å²) >= 11 is 1.57. The van der Waals surface area contributed by atoms with Crippen molar-refractivity contribution in [3.05, 3.63) is 59.0 Å². The van der Waals surface area contributed by atoms with Gasteiger partial charge in [-0.05, 0) is 124 Å². The van der Waals surface area contributed by atoms with Gasteiger partial charge in [0.2, 0.25) is 8.32 Å². The van der Waals surface area contributed by atoms with E-state index in [0.29, 0.717) is 30.4 Å². The topological polar surface area (TPSA) is 150 Å². The smallest absolute Gasteiger partial charge is 0.357 e. The zero-order valence-corrected chi connectivity index (χ0v) is 39.9. The minimum Gasteiger partial charge on any atom is -0.543 e. The third-order valence-corrected chi connectivity index (χ3v) is 20.0. The van der Waals surface area contributed by atoms with Crippen LogP contribution in [0.2, 0.25) is 18.1 Å². The maximum atomic E-state index is 13.5. The summed E-state index contributed by atoms with van der Waals surface area (Å²) in [6.45, 7) is 22.1. The van der Waals surface area contributed by atoms with Gasteiger partial charge in [-0.3, -0.25) is 4.68 Å². The van der Waals surface area contributed by atoms with Crippen molar-refractivity contribution in [2.75, 3.05) is 37.1 Å². The lowest BCUT2D eigenvalue weighted by Gasteiger charge is -2.69. The number of hydrogen-bond donors (Lipinski definition) is 2. The van der Waals surface area contributed by atoms with Crippen molar-refractivity contribution in [3.8, 4) is 16.9 Å². The van der Waals surface area contributed by atoms with Gasteiger partial charge in [-0.15, -0.1) is 10.2 Å². The van der Waals surface area contributed by atoms with Crippen LogP contribution in [-0.2, 0) is 22.4 Å². The van der Waals surface area contributed by atoms with E-state index in [2.05, 4.69) is 87.6 Å². The fourth-order valence-electron chi connectivity index (χ4n) is 12.2. The molecule has 4 aromatic heterocycles. The number of esters is 1. The molecule has 4 fully saturated rings. The normalized spacial score (nSPS) is 25.6. The Hall–Kier alpha value is -4.44. The highest BCUT2D eigenvalue weighted by Gasteiger charge is 2.66. The predicted octanol–water partition coefficient (Wildman–Crippen LogP) is 10.1. The minimum absolute atomic E-state index is 0.0314. The molecular formula is C47H62N8O5SSi. The highest BCUT2D eigenvalue weighted by Crippen LogP contribution is 2.72. The van der Waals surface area contributed by atoms with Crippen LogP contribution in [0.15, 0.2) is 36.5 Å². The molecule has 4 saturated carbocycles. The number of aromatic nitrogens is 6. The number of aliphatic hydroxyl groups excluding tert-OH is 1. The quantitative estimate of drug-likeness (QED) is 0.0907. The lowest BCUT2D eigenvalue weighted by atomic mass is 9.39. The lowest BCUT2D eigenvalue weighted by molar-refractivity contribution is -0.250. The number of pyridine rings is 1. The average Bonchev–Trinajstić information content (AvgIpc) is 3.76. The Balaban J connectivity index is 0.969. The zero-order chi connectivity index (χ0) is 44.0. The molecule has 1 aromatic carbocycles. The van der Waals surface area contributed by atoms with Gasteiger partial charge in [0.1, 0.15) is 11.6 Å². The van der Waals surface area contributed by atoms with Gasteiger partial charge < -0.3 is 29.2 Å². The molecular weight excluding hydrogens is 817 g/mol. The third-order valence-electron chi connectivity index (χ3n) is 14.7. The summed E-state index contributed by atoms with van der Waals surface area (Å²) in [6.07, 6.45) is 10.1. The molecule has 5 aromatic rings. The van der Waals surface area contributed by atoms with Crippen LogP contribution >= 0.6 is 11.3 Å². The molecule has 4 bridgehead atoms. The van der Waals surface area contributed by atoms with Gasteiger partial charge in [0.25, 0.3) is 0 Å². The Labute approximate surface area is 370 Å². The number of ether oxygens (including phenoxy) is 2. The molecule has 10 rings (SSSR count). The van der Waals surface area contributed by atoms with Gasteiger partial charge in [-0.2, -0.15) is 5.10 Å². The lowest BCUT2D eigenvalue weighted by Crippen LogP contribution is -2.64. The Bertz CT molecular complexity index is 2550. The van der Waals surface area contributed by atoms with Gasteiger partial charge in [0, 0.05) is 47.1 Å². The molecule has 2 atom stereocenters. The van der Waals surface area contributed by atoms with E-state index < -0.39 is 14.3 Å². The third kappa shape index (κ3) is 7.59. The van der Waals surface area contributed by atoms with Crippen molar-refractivity contribution in [1.29, 1.82) is 0 Å². The minimum atomic E-state index is -1.99. The summed E-state index contributed by atoms with van der Waals surface area (Å²) in [6, 6.07) is 10.1. The molecule has 2 unspecified atom stereocenters. The number of carbonyl (C=O) groups excluding carboxylic acids is 1. The van der Waals surface area contributed by atoms with Gasteiger partial charge in [0.05, 0.1) is 42.3 Å². The molecule has 15 heteroatoms. The van der Waals surface area contributed by atoms with Crippen LogP contribution in [0.1, 0.15) is 107 Å². The van der Waals surface area contributed by atoms with Crippen LogP contribution in [0, 0.1) is 30.1 Å². The van der Waals surface area contributed by atoms with Crippen LogP contribution in [0.5, 0.6) is 5.75 Å². The number of nitrogens with one attached hydrogen (secondary N) is 1. The van der Waals surface area contributed by atoms with E-state index in [1.165, 1.54) is 13.5 Å². The molecule has 4 aliphatic carbocycles. The highest BCUT2D eigenvalue weighted by atomic mass is 32.1. The second-order valence-electron chi connectivity index (χ2n) is 21.2. The summed E-state index contributed by atoms with van der Waals surface area (Å²) in [5, 5.41) is 28.4. The number of fused-ring (bicyclic) bond motifs is 2. The summed E-state index contributed by atoms with van der Waals surface area (Å²) in [5.41, 5.74) is 5.94. The van der Waals surface area contributed by atoms with Crippen LogP contribution in [-0.4, -0.2) is 81.8 Å². The number of anilines is 4. The van der Waals surface area contributed by atoms with Gasteiger partial charge in [0.15, 0.2) is 22.5 Å². The fourth-order valence-corrected chi connectivity index (χ4v) is 14.0. The SMILES string of the molecule is COC(=O)c1nc(N2CCCc3c2nnc(Nc2nc4cc(O[Si](C)(C)C(C)(C)C)ccc4s2)c3C)ccc1-c1cnn(CC23CC4(C)CC(C)(C2)CC(OCCO)(C4)C3)c1C. The van der Waals surface area contributed by atoms with E-state index in [4.69, 9.17) is 34.1 Å². The van der Waals surface area contributed by atoms with Crippen molar-refractivity contribution >= 4 is 58.4 Å². The van der Waals surface area contributed by atoms with Crippen LogP contribution in [0.3, 0.4) is 0 Å². The van der Waals surface area contributed by atoms with Crippen molar-refractivity contribution < 1.29 is 23.8 Å². The maximum Gasteiger partial charge on any atom is 0.357 e. The fraction of sp³-hybridized carbons (Fsp3) is 0.574. The zero-order valence-electron chi connectivity index (χ0n) is 38.1. The number of hydrogen-bond acceptors (Lipinski definition) is 13. The first-order valence-electron chi connectivity index (χ1n) is 22.1. The van der Waals surface area contributed by atoms with Crippen LogP contribution < -0.4 is 14.6 Å². The van der Waals surface area contributed by atoms with Crippen molar-refractivity contribution in [2.24, 2.45) is 16.2 Å². The average molecular weight is 879 g/mol. The Morgan fingerprint density at radius 3 is 2.45 bits per heavy atom. The summed E-state index contributed by atoms with van der Waals surface area (Å²) in [7, 11) is -0.597. The van der Waals surface area contributed by atoms with E-state index in [0.717, 1.165) is 101 Å². The first-order valence-corrected chi connectivity index (χ1v) is 25.9. The number of benzene rings is 1. The van der Waals surface area contributed by atoms with E-state index in [9.17, 15) is 9.90 Å². The Kier molecular flexibility index (Phi) is 10.4. The molecule has 0 spiro atoms. The Morgan fingerprint density at radius 1 is 0.984 bits per heavy atom. The molecule has 1 aliphatic heterocycles. The number of carbonyl (C=O) groups is 1. The van der Waals surface area contributed by atoms with Crippen molar-refractivity contribution in [1.82, 2.24) is 29.9 Å². The van der Waals surface area contributed by atoms with E-state index in [1.807, 2.05) is 30.5 Å². The number of nitrogens with zero attached hydrogens (tertiary/aromatic N) is 7. The van der Waals surface area contributed by atoms with Crippen molar-refractivity contribution in [2.45, 2.75) is 130 Å². The number of rotatable bonds is 12. The molecule has 5 aliphatic rings. The monoisotopic (exact) mass is 878 g/mol. The summed E-state index contributed by atoms with van der Waals surface area (Å²) in [4.78, 5) is 25.5. The molecule has 0 saturated heterocycles. The van der Waals surface area contributed by atoms with Crippen molar-refractivity contribution in [3.63, 3.8) is 0 Å². The second-order valence-corrected chi connectivity index (χ2v) is 26.9. The van der Waals surface area contributed by atoms with Gasteiger partial charge in [-0.25, -0.2) is 14.8 Å². The molecule has 5 heterocycles. The van der Waals surface area contributed by atoms with Crippen LogP contribution in [0.4, 0.5) is 22.6 Å². The number of methoxy groups -OCH3 is 1. The maximum absolute atomic E-state index is 13.5. The first-order chi connectivity index (χ1) is 29.3. The second kappa shape index (κ2) is 15.1. The van der Waals surface area contributed by atoms with Crippen LogP contribution in [0.25, 0.3) is 21.3 Å². The standard InChI is InChI=1S/C47H62N8O5SSi/c1-29-32-12-11-17-54(40(32)53-52-39(29)51-42-49-35-20-31(13-15-36(35)61-42)60-62(9,10)43(3,4)5)37-16-14-33(38(50-37)41(57)58-8)34-21-48-55(30(34)2)28-46-23-44(6)22-45(7,24-46)26-47(25-44,27-46)59-19-18-56/h13-16,20-21,56H,11-12,17-19,22-28H2,1-10H3,(H,49,51,52). The highest BCUT2D eigenvalue weighted by molar-refractivity contribution is 7.22. The molecule has 13 nitrogen and oxygen atoms in total. The van der Waals surface area contributed by atoms with Gasteiger partial charge >= 0.3 is 5.97 Å². The van der Waals surface area contributed by atoms with E-state index in [-0.39, 0.29) is 39.2 Å². The van der Waals surface area contributed by atoms with E-state index in [1.54, 1.807) is 11.3 Å². The molecule has 2 N–H and O–H groups in total. The molecule has 330 valence electrons. The molecule has 62 heavy (non-hydrogen) atoms. The predicted molar refractivity (Wildman–Crippen MR) is 246 cm³/mol. The summed E-state index contributed by atoms with van der Waals surface area (Å²) < 4.78 is 21.6.